The normalized spacial score (nSPS) is 15.1. The van der Waals surface area contributed by atoms with Gasteiger partial charge in [0.25, 0.3) is 11.6 Å². The number of amides is 1. The molecular weight excluding hydrogens is 412 g/mol. The number of carbonyl (C=O) groups is 1. The molecule has 1 aliphatic heterocycles. The van der Waals surface area contributed by atoms with Crippen LogP contribution in [0.4, 0.5) is 5.69 Å². The van der Waals surface area contributed by atoms with E-state index in [9.17, 15) is 14.9 Å². The Morgan fingerprint density at radius 3 is 2.50 bits per heavy atom. The quantitative estimate of drug-likeness (QED) is 0.309. The fraction of sp³-hybridized carbons (Fsp3) is 0.304. The van der Waals surface area contributed by atoms with Gasteiger partial charge in [-0.15, -0.1) is 0 Å². The Kier molecular flexibility index (Phi) is 6.18. The number of H-pyrrole nitrogens is 1. The first-order chi connectivity index (χ1) is 15.5. The molecule has 1 aromatic heterocycles. The lowest BCUT2D eigenvalue weighted by atomic mass is 9.96. The van der Waals surface area contributed by atoms with Crippen LogP contribution in [0, 0.1) is 10.1 Å². The van der Waals surface area contributed by atoms with Crippen molar-refractivity contribution in [2.75, 3.05) is 26.9 Å². The number of nitrogens with zero attached hydrogens (tertiary/aromatic N) is 3. The van der Waals surface area contributed by atoms with E-state index in [0.29, 0.717) is 37.6 Å². The molecule has 2 aromatic carbocycles. The minimum Gasteiger partial charge on any atom is -0.494 e. The van der Waals surface area contributed by atoms with Crippen LogP contribution in [0.1, 0.15) is 41.0 Å². The molecule has 3 aromatic rings. The fourth-order valence-corrected chi connectivity index (χ4v) is 4.03. The summed E-state index contributed by atoms with van der Waals surface area (Å²) in [5.41, 5.74) is 3.52. The van der Waals surface area contributed by atoms with Gasteiger partial charge in [0.15, 0.2) is 0 Å². The predicted octanol–water partition coefficient (Wildman–Crippen LogP) is 3.97. The standard InChI is InChI=1S/C23H24N4O5/c1-3-32-18-11-7-15(8-12-18)20-19-21(25-24-20)23(28)26(13-4-14-31-2)22(19)16-5-9-17(10-6-16)27(29)30/h5-12,22H,3-4,13-14H2,1-2H3,(H,24,25). The van der Waals surface area contributed by atoms with E-state index in [1.54, 1.807) is 24.1 Å². The SMILES string of the molecule is CCOc1ccc(-c2n[nH]c3c2C(c2ccc([N+](=O)[O-])cc2)N(CCCOC)C3=O)cc1. The van der Waals surface area contributed by atoms with Gasteiger partial charge in [0, 0.05) is 43.5 Å². The van der Waals surface area contributed by atoms with Gasteiger partial charge in [-0.1, -0.05) is 0 Å². The number of nitrogens with one attached hydrogen (secondary N) is 1. The summed E-state index contributed by atoms with van der Waals surface area (Å²) < 4.78 is 10.7. The van der Waals surface area contributed by atoms with E-state index in [-0.39, 0.29) is 11.6 Å². The number of aromatic nitrogens is 2. The van der Waals surface area contributed by atoms with E-state index in [1.807, 2.05) is 31.2 Å². The molecule has 0 spiro atoms. The Morgan fingerprint density at radius 1 is 1.16 bits per heavy atom. The van der Waals surface area contributed by atoms with E-state index in [0.717, 1.165) is 22.4 Å². The second-order valence-corrected chi connectivity index (χ2v) is 7.41. The minimum absolute atomic E-state index is 0.00293. The lowest BCUT2D eigenvalue weighted by Gasteiger charge is -2.26. The number of hydrogen-bond donors (Lipinski definition) is 1. The van der Waals surface area contributed by atoms with Crippen molar-refractivity contribution in [3.8, 4) is 17.0 Å². The highest BCUT2D eigenvalue weighted by molar-refractivity contribution is 6.00. The third kappa shape index (κ3) is 3.94. The highest BCUT2D eigenvalue weighted by Gasteiger charge is 2.41. The summed E-state index contributed by atoms with van der Waals surface area (Å²) in [6.45, 7) is 3.51. The van der Waals surface area contributed by atoms with Crippen LogP contribution >= 0.6 is 0 Å². The molecular formula is C23H24N4O5. The van der Waals surface area contributed by atoms with Gasteiger partial charge in [0.05, 0.1) is 23.3 Å². The molecule has 9 nitrogen and oxygen atoms in total. The number of methoxy groups -OCH3 is 1. The summed E-state index contributed by atoms with van der Waals surface area (Å²) in [5, 5.41) is 18.4. The fourth-order valence-electron chi connectivity index (χ4n) is 4.03. The molecule has 0 aliphatic carbocycles. The molecule has 0 bridgehead atoms. The van der Waals surface area contributed by atoms with Crippen molar-refractivity contribution in [1.29, 1.82) is 0 Å². The Morgan fingerprint density at radius 2 is 1.88 bits per heavy atom. The molecule has 0 saturated carbocycles. The first-order valence-electron chi connectivity index (χ1n) is 10.4. The van der Waals surface area contributed by atoms with Crippen LogP contribution < -0.4 is 4.74 Å². The molecule has 0 fully saturated rings. The van der Waals surface area contributed by atoms with Crippen molar-refractivity contribution in [3.63, 3.8) is 0 Å². The Hall–Kier alpha value is -3.72. The van der Waals surface area contributed by atoms with Gasteiger partial charge in [-0.05, 0) is 55.3 Å². The summed E-state index contributed by atoms with van der Waals surface area (Å²) in [6, 6.07) is 13.5. The maximum atomic E-state index is 13.2. The molecule has 9 heteroatoms. The summed E-state index contributed by atoms with van der Waals surface area (Å²) in [4.78, 5) is 25.6. The maximum Gasteiger partial charge on any atom is 0.273 e. The number of aromatic amines is 1. The van der Waals surface area contributed by atoms with Gasteiger partial charge in [0.2, 0.25) is 0 Å². The zero-order valence-corrected chi connectivity index (χ0v) is 17.9. The summed E-state index contributed by atoms with van der Waals surface area (Å²) in [6.07, 6.45) is 0.668. The van der Waals surface area contributed by atoms with Crippen molar-refractivity contribution in [2.45, 2.75) is 19.4 Å². The molecule has 2 heterocycles. The number of nitro benzene ring substituents is 1. The molecule has 4 rings (SSSR count). The van der Waals surface area contributed by atoms with Gasteiger partial charge in [-0.25, -0.2) is 0 Å². The zero-order chi connectivity index (χ0) is 22.7. The summed E-state index contributed by atoms with van der Waals surface area (Å²) >= 11 is 0. The van der Waals surface area contributed by atoms with E-state index >= 15 is 0 Å². The Balaban J connectivity index is 1.76. The average Bonchev–Trinajstić information content (AvgIpc) is 3.34. The lowest BCUT2D eigenvalue weighted by Crippen LogP contribution is -2.31. The van der Waals surface area contributed by atoms with Crippen LogP contribution in [-0.4, -0.2) is 52.8 Å². The third-order valence-corrected chi connectivity index (χ3v) is 5.47. The van der Waals surface area contributed by atoms with Crippen molar-refractivity contribution < 1.29 is 19.2 Å². The molecule has 166 valence electrons. The van der Waals surface area contributed by atoms with Crippen LogP contribution in [0.2, 0.25) is 0 Å². The van der Waals surface area contributed by atoms with Gasteiger partial charge < -0.3 is 14.4 Å². The smallest absolute Gasteiger partial charge is 0.273 e. The summed E-state index contributed by atoms with van der Waals surface area (Å²) in [5.74, 6) is 0.608. The van der Waals surface area contributed by atoms with Crippen molar-refractivity contribution in [3.05, 3.63) is 75.5 Å². The van der Waals surface area contributed by atoms with Gasteiger partial charge >= 0.3 is 0 Å². The Bertz CT molecular complexity index is 1110. The van der Waals surface area contributed by atoms with Crippen LogP contribution in [0.3, 0.4) is 0 Å². The molecule has 32 heavy (non-hydrogen) atoms. The highest BCUT2D eigenvalue weighted by atomic mass is 16.6. The van der Waals surface area contributed by atoms with E-state index in [2.05, 4.69) is 10.2 Å². The van der Waals surface area contributed by atoms with E-state index in [1.165, 1.54) is 12.1 Å². The number of rotatable bonds is 9. The van der Waals surface area contributed by atoms with Gasteiger partial charge in [-0.3, -0.25) is 20.0 Å². The number of hydrogen-bond acceptors (Lipinski definition) is 6. The molecule has 1 amide bonds. The van der Waals surface area contributed by atoms with Crippen molar-refractivity contribution >= 4 is 11.6 Å². The molecule has 1 atom stereocenters. The number of non-ortho nitro benzene ring substituents is 1. The molecule has 0 saturated heterocycles. The van der Waals surface area contributed by atoms with Gasteiger partial charge in [0.1, 0.15) is 11.4 Å². The first-order valence-corrected chi connectivity index (χ1v) is 10.4. The van der Waals surface area contributed by atoms with Gasteiger partial charge in [-0.2, -0.15) is 5.10 Å². The highest BCUT2D eigenvalue weighted by Crippen LogP contribution is 2.43. The lowest BCUT2D eigenvalue weighted by molar-refractivity contribution is -0.384. The molecule has 1 unspecified atom stereocenters. The Labute approximate surface area is 185 Å². The number of ether oxygens (including phenoxy) is 2. The van der Waals surface area contributed by atoms with E-state index < -0.39 is 11.0 Å². The average molecular weight is 436 g/mol. The number of carbonyl (C=O) groups excluding carboxylic acids is 1. The second-order valence-electron chi connectivity index (χ2n) is 7.41. The van der Waals surface area contributed by atoms with Crippen LogP contribution in [-0.2, 0) is 4.74 Å². The van der Waals surface area contributed by atoms with Crippen molar-refractivity contribution in [1.82, 2.24) is 15.1 Å². The first kappa shape index (κ1) is 21.5. The number of nitro groups is 1. The second kappa shape index (κ2) is 9.19. The minimum atomic E-state index is -0.436. The molecule has 1 aliphatic rings. The zero-order valence-electron chi connectivity index (χ0n) is 17.9. The van der Waals surface area contributed by atoms with Crippen LogP contribution in [0.5, 0.6) is 5.75 Å². The number of benzene rings is 2. The monoisotopic (exact) mass is 436 g/mol. The maximum absolute atomic E-state index is 13.2. The van der Waals surface area contributed by atoms with Crippen LogP contribution in [0.25, 0.3) is 11.3 Å². The van der Waals surface area contributed by atoms with E-state index in [4.69, 9.17) is 9.47 Å². The molecule has 1 N–H and O–H groups in total. The number of fused-ring (bicyclic) bond motifs is 1. The topological polar surface area (TPSA) is 111 Å². The van der Waals surface area contributed by atoms with Crippen LogP contribution in [0.15, 0.2) is 48.5 Å². The third-order valence-electron chi connectivity index (χ3n) is 5.47. The summed E-state index contributed by atoms with van der Waals surface area (Å²) in [7, 11) is 1.62. The van der Waals surface area contributed by atoms with Crippen molar-refractivity contribution in [2.24, 2.45) is 0 Å². The molecule has 0 radical (unpaired) electrons. The predicted molar refractivity (Wildman–Crippen MR) is 118 cm³/mol. The largest absolute Gasteiger partial charge is 0.494 e.